The average molecular weight is 304 g/mol. The molecule has 22 heavy (non-hydrogen) atoms. The van der Waals surface area contributed by atoms with Gasteiger partial charge in [0.1, 0.15) is 0 Å². The normalized spacial score (nSPS) is 13.5. The molecule has 0 amide bonds. The second-order valence-corrected chi connectivity index (χ2v) is 6.30. The van der Waals surface area contributed by atoms with Crippen molar-refractivity contribution in [1.82, 2.24) is 15.5 Å². The standard InChI is InChI=1S/C18H32N4/c1-6-19-18(20-13-15(2)3)21-14-17(22(4)5)12-16-10-8-7-9-11-16/h7-11,15,17H,6,12-14H2,1-5H3,(H2,19,20,21). The first kappa shape index (κ1) is 18.5. The maximum Gasteiger partial charge on any atom is 0.191 e. The minimum absolute atomic E-state index is 0.435. The van der Waals surface area contributed by atoms with Crippen LogP contribution in [0.4, 0.5) is 0 Å². The lowest BCUT2D eigenvalue weighted by Crippen LogP contribution is -2.46. The second-order valence-electron chi connectivity index (χ2n) is 6.30. The third-order valence-electron chi connectivity index (χ3n) is 3.51. The van der Waals surface area contributed by atoms with Crippen molar-refractivity contribution in [3.8, 4) is 0 Å². The Bertz CT molecular complexity index is 426. The molecule has 0 aliphatic carbocycles. The number of aliphatic imine (C=N–C) groups is 1. The summed E-state index contributed by atoms with van der Waals surface area (Å²) in [5.41, 5.74) is 1.37. The Hall–Kier alpha value is -1.55. The van der Waals surface area contributed by atoms with E-state index < -0.39 is 0 Å². The lowest BCUT2D eigenvalue weighted by Gasteiger charge is -2.26. The monoisotopic (exact) mass is 304 g/mol. The molecule has 0 spiro atoms. The highest BCUT2D eigenvalue weighted by Crippen LogP contribution is 2.06. The quantitative estimate of drug-likeness (QED) is 0.572. The summed E-state index contributed by atoms with van der Waals surface area (Å²) in [4.78, 5) is 6.90. The molecule has 0 aliphatic heterocycles. The molecule has 1 unspecified atom stereocenters. The molecular weight excluding hydrogens is 272 g/mol. The smallest absolute Gasteiger partial charge is 0.191 e. The number of nitrogens with one attached hydrogen (secondary N) is 2. The summed E-state index contributed by atoms with van der Waals surface area (Å²) < 4.78 is 0. The fourth-order valence-corrected chi connectivity index (χ4v) is 2.15. The van der Waals surface area contributed by atoms with Gasteiger partial charge < -0.3 is 15.5 Å². The van der Waals surface area contributed by atoms with Crippen LogP contribution in [0.5, 0.6) is 0 Å². The van der Waals surface area contributed by atoms with Crippen molar-refractivity contribution in [1.29, 1.82) is 0 Å². The van der Waals surface area contributed by atoms with Crippen LogP contribution in [0.3, 0.4) is 0 Å². The maximum absolute atomic E-state index is 4.63. The molecule has 1 aromatic carbocycles. The first-order valence-corrected chi connectivity index (χ1v) is 8.25. The molecule has 1 rings (SSSR count). The number of rotatable bonds is 8. The zero-order valence-corrected chi connectivity index (χ0v) is 14.8. The van der Waals surface area contributed by atoms with E-state index >= 15 is 0 Å². The number of hydrogen-bond donors (Lipinski definition) is 2. The molecule has 1 aromatic rings. The Morgan fingerprint density at radius 2 is 1.82 bits per heavy atom. The lowest BCUT2D eigenvalue weighted by molar-refractivity contribution is 0.290. The molecule has 124 valence electrons. The van der Waals surface area contributed by atoms with E-state index in [-0.39, 0.29) is 0 Å². The van der Waals surface area contributed by atoms with Crippen LogP contribution in [-0.2, 0) is 6.42 Å². The fraction of sp³-hybridized carbons (Fsp3) is 0.611. The van der Waals surface area contributed by atoms with Crippen LogP contribution in [0.1, 0.15) is 26.3 Å². The topological polar surface area (TPSA) is 39.7 Å². The molecule has 0 saturated heterocycles. The van der Waals surface area contributed by atoms with Gasteiger partial charge in [0.15, 0.2) is 5.96 Å². The highest BCUT2D eigenvalue weighted by atomic mass is 15.2. The third-order valence-corrected chi connectivity index (χ3v) is 3.51. The van der Waals surface area contributed by atoms with Gasteiger partial charge in [0, 0.05) is 25.7 Å². The van der Waals surface area contributed by atoms with Gasteiger partial charge in [-0.05, 0) is 38.9 Å². The molecule has 0 saturated carbocycles. The Morgan fingerprint density at radius 1 is 1.14 bits per heavy atom. The number of hydrogen-bond acceptors (Lipinski definition) is 2. The fourth-order valence-electron chi connectivity index (χ4n) is 2.15. The molecule has 4 heteroatoms. The van der Waals surface area contributed by atoms with Crippen molar-refractivity contribution >= 4 is 5.96 Å². The van der Waals surface area contributed by atoms with E-state index in [4.69, 9.17) is 0 Å². The molecule has 0 fully saturated rings. The Balaban J connectivity index is 2.59. The zero-order valence-electron chi connectivity index (χ0n) is 14.8. The van der Waals surface area contributed by atoms with Crippen molar-refractivity contribution in [3.63, 3.8) is 0 Å². The van der Waals surface area contributed by atoms with Gasteiger partial charge in [-0.25, -0.2) is 0 Å². The van der Waals surface area contributed by atoms with Gasteiger partial charge in [-0.3, -0.25) is 4.99 Å². The van der Waals surface area contributed by atoms with E-state index in [1.807, 2.05) is 0 Å². The third kappa shape index (κ3) is 7.46. The van der Waals surface area contributed by atoms with Gasteiger partial charge in [0.25, 0.3) is 0 Å². The maximum atomic E-state index is 4.63. The van der Waals surface area contributed by atoms with Crippen LogP contribution < -0.4 is 10.6 Å². The Kier molecular flexibility index (Phi) is 8.60. The summed E-state index contributed by atoms with van der Waals surface area (Å²) in [6.45, 7) is 9.08. The molecule has 0 aliphatic rings. The summed E-state index contributed by atoms with van der Waals surface area (Å²) in [7, 11) is 4.26. The first-order valence-electron chi connectivity index (χ1n) is 8.25. The van der Waals surface area contributed by atoms with Crippen molar-refractivity contribution in [2.45, 2.75) is 33.2 Å². The average Bonchev–Trinajstić information content (AvgIpc) is 2.49. The van der Waals surface area contributed by atoms with Crippen molar-refractivity contribution in [2.24, 2.45) is 10.9 Å². The van der Waals surface area contributed by atoms with E-state index in [1.165, 1.54) is 5.56 Å². The van der Waals surface area contributed by atoms with E-state index in [2.05, 4.69) is 85.7 Å². The molecule has 0 heterocycles. The predicted molar refractivity (Wildman–Crippen MR) is 96.4 cm³/mol. The Morgan fingerprint density at radius 3 is 2.36 bits per heavy atom. The van der Waals surface area contributed by atoms with Crippen LogP contribution in [-0.4, -0.2) is 50.6 Å². The molecular formula is C18H32N4. The molecule has 0 bridgehead atoms. The molecule has 0 aromatic heterocycles. The van der Waals surface area contributed by atoms with E-state index in [9.17, 15) is 0 Å². The molecule has 0 radical (unpaired) electrons. The lowest BCUT2D eigenvalue weighted by atomic mass is 10.1. The first-order chi connectivity index (χ1) is 10.5. The van der Waals surface area contributed by atoms with Gasteiger partial charge in [0.2, 0.25) is 0 Å². The minimum Gasteiger partial charge on any atom is -0.357 e. The summed E-state index contributed by atoms with van der Waals surface area (Å²) >= 11 is 0. The van der Waals surface area contributed by atoms with Crippen molar-refractivity contribution < 1.29 is 0 Å². The Labute approximate surface area is 136 Å². The van der Waals surface area contributed by atoms with Crippen LogP contribution in [0.2, 0.25) is 0 Å². The highest BCUT2D eigenvalue weighted by Gasteiger charge is 2.13. The van der Waals surface area contributed by atoms with Crippen LogP contribution >= 0.6 is 0 Å². The van der Waals surface area contributed by atoms with Crippen LogP contribution in [0.15, 0.2) is 35.3 Å². The number of nitrogens with zero attached hydrogens (tertiary/aromatic N) is 2. The van der Waals surface area contributed by atoms with Gasteiger partial charge in [-0.15, -0.1) is 0 Å². The van der Waals surface area contributed by atoms with E-state index in [1.54, 1.807) is 0 Å². The van der Waals surface area contributed by atoms with E-state index in [0.717, 1.165) is 32.0 Å². The minimum atomic E-state index is 0.435. The van der Waals surface area contributed by atoms with Gasteiger partial charge in [-0.1, -0.05) is 44.2 Å². The van der Waals surface area contributed by atoms with Crippen LogP contribution in [0.25, 0.3) is 0 Å². The predicted octanol–water partition coefficient (Wildman–Crippen LogP) is 2.37. The summed E-state index contributed by atoms with van der Waals surface area (Å²) in [6, 6.07) is 11.1. The van der Waals surface area contributed by atoms with Gasteiger partial charge in [-0.2, -0.15) is 0 Å². The summed E-state index contributed by atoms with van der Waals surface area (Å²) in [5, 5.41) is 6.79. The molecule has 1 atom stereocenters. The van der Waals surface area contributed by atoms with Gasteiger partial charge >= 0.3 is 0 Å². The highest BCUT2D eigenvalue weighted by molar-refractivity contribution is 5.79. The largest absolute Gasteiger partial charge is 0.357 e. The summed E-state index contributed by atoms with van der Waals surface area (Å²) in [5.74, 6) is 1.49. The zero-order chi connectivity index (χ0) is 16.4. The number of benzene rings is 1. The second kappa shape index (κ2) is 10.2. The molecule has 4 nitrogen and oxygen atoms in total. The SMILES string of the molecule is CCNC(=NCC(C)C)NCC(Cc1ccccc1)N(C)C. The van der Waals surface area contributed by atoms with Gasteiger partial charge in [0.05, 0.1) is 0 Å². The summed E-state index contributed by atoms with van der Waals surface area (Å²) in [6.07, 6.45) is 1.03. The van der Waals surface area contributed by atoms with E-state index in [0.29, 0.717) is 12.0 Å². The van der Waals surface area contributed by atoms with Crippen LogP contribution in [0, 0.1) is 5.92 Å². The van der Waals surface area contributed by atoms with Crippen molar-refractivity contribution in [3.05, 3.63) is 35.9 Å². The number of likely N-dealkylation sites (N-methyl/N-ethyl adjacent to an activating group) is 1. The van der Waals surface area contributed by atoms with Crippen molar-refractivity contribution in [2.75, 3.05) is 33.7 Å². The molecule has 2 N–H and O–H groups in total. The number of guanidine groups is 1.